The van der Waals surface area contributed by atoms with E-state index in [0.717, 1.165) is 22.6 Å². The maximum absolute atomic E-state index is 5.41. The van der Waals surface area contributed by atoms with Crippen LogP contribution < -0.4 is 4.74 Å². The van der Waals surface area contributed by atoms with Crippen LogP contribution in [0.15, 0.2) is 11.4 Å². The molecule has 0 amide bonds. The molecule has 104 valence electrons. The van der Waals surface area contributed by atoms with Crippen LogP contribution in [0.1, 0.15) is 26.3 Å². The lowest BCUT2D eigenvalue weighted by atomic mass is 9.89. The van der Waals surface area contributed by atoms with E-state index in [4.69, 9.17) is 4.74 Å². The first-order valence-electron chi connectivity index (χ1n) is 6.29. The summed E-state index contributed by atoms with van der Waals surface area (Å²) in [4.78, 5) is 9.08. The fourth-order valence-corrected chi connectivity index (χ4v) is 2.61. The van der Waals surface area contributed by atoms with Crippen molar-refractivity contribution in [2.24, 2.45) is 12.5 Å². The number of aromatic nitrogens is 3. The van der Waals surface area contributed by atoms with Crippen LogP contribution in [0.5, 0.6) is 5.88 Å². The molecule has 2 rings (SSSR count). The Bertz CT molecular complexity index is 599. The van der Waals surface area contributed by atoms with Gasteiger partial charge in [-0.2, -0.15) is 4.98 Å². The molecular weight excluding hydrogens is 258 g/mol. The summed E-state index contributed by atoms with van der Waals surface area (Å²) in [7, 11) is 3.67. The minimum atomic E-state index is 0.228. The van der Waals surface area contributed by atoms with Crippen LogP contribution in [-0.4, -0.2) is 27.9 Å². The Morgan fingerprint density at radius 1 is 1.32 bits per heavy atom. The summed E-state index contributed by atoms with van der Waals surface area (Å²) in [6, 6.07) is 0. The third kappa shape index (κ3) is 2.86. The van der Waals surface area contributed by atoms with Crippen LogP contribution in [-0.2, 0) is 13.5 Å². The Morgan fingerprint density at radius 3 is 2.53 bits per heavy atom. The molecule has 5 heteroatoms. The predicted octanol–water partition coefficient (Wildman–Crippen LogP) is 3.29. The van der Waals surface area contributed by atoms with Crippen LogP contribution in [0.3, 0.4) is 0 Å². The number of methoxy groups -OCH3 is 1. The Kier molecular flexibility index (Phi) is 3.76. The normalized spacial score (nSPS) is 12.1. The van der Waals surface area contributed by atoms with E-state index in [1.807, 2.05) is 13.3 Å². The first-order valence-corrected chi connectivity index (χ1v) is 7.52. The molecule has 0 bridgehead atoms. The second kappa shape index (κ2) is 5.04. The molecule has 0 atom stereocenters. The fourth-order valence-electron chi connectivity index (χ4n) is 2.25. The van der Waals surface area contributed by atoms with E-state index in [1.54, 1.807) is 7.11 Å². The van der Waals surface area contributed by atoms with Crippen molar-refractivity contribution in [3.05, 3.63) is 11.8 Å². The molecule has 0 aliphatic carbocycles. The first kappa shape index (κ1) is 14.2. The van der Waals surface area contributed by atoms with Gasteiger partial charge in [-0.25, -0.2) is 4.98 Å². The molecule has 0 aliphatic heterocycles. The number of ether oxygens (including phenoxy) is 1. The second-order valence-corrected chi connectivity index (χ2v) is 6.69. The van der Waals surface area contributed by atoms with Crippen LogP contribution in [0, 0.1) is 5.41 Å². The lowest BCUT2D eigenvalue weighted by molar-refractivity contribution is 0.396. The highest BCUT2D eigenvalue weighted by Gasteiger charge is 2.20. The van der Waals surface area contributed by atoms with Crippen molar-refractivity contribution in [1.82, 2.24) is 14.5 Å². The molecule has 0 saturated carbocycles. The van der Waals surface area contributed by atoms with Gasteiger partial charge in [0.25, 0.3) is 0 Å². The predicted molar refractivity (Wildman–Crippen MR) is 80.0 cm³/mol. The monoisotopic (exact) mass is 279 g/mol. The molecule has 4 nitrogen and oxygen atoms in total. The number of nitrogens with zero attached hydrogens (tertiary/aromatic N) is 3. The number of rotatable bonds is 3. The third-order valence-corrected chi connectivity index (χ3v) is 3.48. The zero-order chi connectivity index (χ0) is 14.2. The zero-order valence-corrected chi connectivity index (χ0v) is 13.3. The van der Waals surface area contributed by atoms with Crippen LogP contribution in [0.2, 0.25) is 0 Å². The largest absolute Gasteiger partial charge is 0.479 e. The summed E-state index contributed by atoms with van der Waals surface area (Å²) >= 11 is 1.54. The summed E-state index contributed by atoms with van der Waals surface area (Å²) in [5.74, 6) is 0.650. The maximum atomic E-state index is 5.41. The van der Waals surface area contributed by atoms with E-state index < -0.39 is 0 Å². The van der Waals surface area contributed by atoms with E-state index in [9.17, 15) is 0 Å². The van der Waals surface area contributed by atoms with Crippen molar-refractivity contribution in [1.29, 1.82) is 0 Å². The molecule has 0 N–H and O–H groups in total. The van der Waals surface area contributed by atoms with E-state index in [1.165, 1.54) is 17.3 Å². The van der Waals surface area contributed by atoms with Crippen molar-refractivity contribution in [3.8, 4) is 5.88 Å². The van der Waals surface area contributed by atoms with Gasteiger partial charge in [-0.3, -0.25) is 0 Å². The number of hydrogen-bond acceptors (Lipinski definition) is 4. The average molecular weight is 279 g/mol. The molecule has 0 fully saturated rings. The van der Waals surface area contributed by atoms with Gasteiger partial charge >= 0.3 is 0 Å². The number of fused-ring (bicyclic) bond motifs is 1. The summed E-state index contributed by atoms with van der Waals surface area (Å²) in [5.41, 5.74) is 3.46. The summed E-state index contributed by atoms with van der Waals surface area (Å²) in [6.07, 6.45) is 5.10. The standard InChI is InChI=1S/C14H21N3OS/c1-14(2,3)7-9-8-17(4)11-10(9)15-13(19-6)16-12(11)18-5/h8H,7H2,1-6H3. The van der Waals surface area contributed by atoms with E-state index in [0.29, 0.717) is 5.88 Å². The fraction of sp³-hybridized carbons (Fsp3) is 0.571. The van der Waals surface area contributed by atoms with Crippen molar-refractivity contribution in [2.75, 3.05) is 13.4 Å². The molecule has 0 unspecified atom stereocenters. The molecule has 0 aromatic carbocycles. The maximum Gasteiger partial charge on any atom is 0.242 e. The molecule has 2 aromatic rings. The lowest BCUT2D eigenvalue weighted by Crippen LogP contribution is -2.09. The number of thioether (sulfide) groups is 1. The lowest BCUT2D eigenvalue weighted by Gasteiger charge is -2.17. The van der Waals surface area contributed by atoms with Gasteiger partial charge in [0.15, 0.2) is 5.16 Å². The smallest absolute Gasteiger partial charge is 0.242 e. The summed E-state index contributed by atoms with van der Waals surface area (Å²) in [6.45, 7) is 6.71. The minimum absolute atomic E-state index is 0.228. The van der Waals surface area contributed by atoms with Crippen LogP contribution in [0.25, 0.3) is 11.0 Å². The molecule has 0 aliphatic rings. The van der Waals surface area contributed by atoms with E-state index >= 15 is 0 Å². The average Bonchev–Trinajstić information content (AvgIpc) is 2.63. The minimum Gasteiger partial charge on any atom is -0.479 e. The van der Waals surface area contributed by atoms with Crippen molar-refractivity contribution in [2.45, 2.75) is 32.3 Å². The van der Waals surface area contributed by atoms with Crippen molar-refractivity contribution < 1.29 is 4.74 Å². The van der Waals surface area contributed by atoms with Gasteiger partial charge in [-0.05, 0) is 23.7 Å². The van der Waals surface area contributed by atoms with E-state index in [-0.39, 0.29) is 5.41 Å². The molecule has 2 heterocycles. The van der Waals surface area contributed by atoms with Gasteiger partial charge in [0.05, 0.1) is 12.6 Å². The molecule has 2 aromatic heterocycles. The van der Waals surface area contributed by atoms with Gasteiger partial charge in [0, 0.05) is 13.2 Å². The van der Waals surface area contributed by atoms with Crippen LogP contribution in [0.4, 0.5) is 0 Å². The highest BCUT2D eigenvalue weighted by molar-refractivity contribution is 7.98. The second-order valence-electron chi connectivity index (χ2n) is 5.92. The van der Waals surface area contributed by atoms with Crippen molar-refractivity contribution >= 4 is 22.8 Å². The highest BCUT2D eigenvalue weighted by Crippen LogP contribution is 2.32. The SMILES string of the molecule is COc1nc(SC)nc2c(CC(C)(C)C)cn(C)c12. The van der Waals surface area contributed by atoms with Gasteiger partial charge in [0.2, 0.25) is 5.88 Å². The number of hydrogen-bond donors (Lipinski definition) is 0. The Balaban J connectivity index is 2.67. The Morgan fingerprint density at radius 2 is 2.00 bits per heavy atom. The van der Waals surface area contributed by atoms with E-state index in [2.05, 4.69) is 41.5 Å². The summed E-state index contributed by atoms with van der Waals surface area (Å²) < 4.78 is 7.46. The molecule has 19 heavy (non-hydrogen) atoms. The molecular formula is C14H21N3OS. The summed E-state index contributed by atoms with van der Waals surface area (Å²) in [5, 5.41) is 0.755. The quantitative estimate of drug-likeness (QED) is 0.638. The molecule has 0 saturated heterocycles. The third-order valence-electron chi connectivity index (χ3n) is 2.93. The molecule has 0 radical (unpaired) electrons. The van der Waals surface area contributed by atoms with Crippen LogP contribution >= 0.6 is 11.8 Å². The van der Waals surface area contributed by atoms with Gasteiger partial charge in [-0.15, -0.1) is 0 Å². The van der Waals surface area contributed by atoms with Gasteiger partial charge < -0.3 is 9.30 Å². The molecule has 0 spiro atoms. The Labute approximate surface area is 118 Å². The topological polar surface area (TPSA) is 39.9 Å². The Hall–Kier alpha value is -1.23. The highest BCUT2D eigenvalue weighted by atomic mass is 32.2. The number of aryl methyl sites for hydroxylation is 1. The zero-order valence-electron chi connectivity index (χ0n) is 12.4. The first-order chi connectivity index (χ1) is 8.85. The van der Waals surface area contributed by atoms with Gasteiger partial charge in [-0.1, -0.05) is 32.5 Å². The van der Waals surface area contributed by atoms with Crippen molar-refractivity contribution in [3.63, 3.8) is 0 Å². The van der Waals surface area contributed by atoms with Gasteiger partial charge in [0.1, 0.15) is 5.52 Å².